The first-order valence-corrected chi connectivity index (χ1v) is 20.6. The molecule has 3 N–H and O–H groups in total. The van der Waals surface area contributed by atoms with Crippen LogP contribution in [0.25, 0.3) is 0 Å². The number of hydrogen-bond donors (Lipinski definition) is 3. The lowest BCUT2D eigenvalue weighted by Gasteiger charge is -2.19. The largest absolute Gasteiger partial charge is 0.790 e. The fourth-order valence-electron chi connectivity index (χ4n) is 5.56. The second-order valence-corrected chi connectivity index (χ2v) is 13.8. The molecule has 0 aliphatic carbocycles. The van der Waals surface area contributed by atoms with Crippen molar-refractivity contribution in [2.45, 2.75) is 196 Å². The fraction of sp³-hybridized carbons (Fsp3) is 1.00. The molecule has 0 saturated heterocycles. The first-order valence-electron chi connectivity index (χ1n) is 19.1. The Morgan fingerprint density at radius 3 is 0.628 bits per heavy atom. The van der Waals surface area contributed by atoms with Crippen molar-refractivity contribution in [1.29, 1.82) is 0 Å². The monoisotopic (exact) mass is 637 g/mol. The lowest BCUT2D eigenvalue weighted by molar-refractivity contribution is -0.901. The van der Waals surface area contributed by atoms with E-state index in [0.29, 0.717) is 0 Å². The van der Waals surface area contributed by atoms with E-state index in [1.807, 2.05) is 9.80 Å². The molecule has 0 aromatic heterocycles. The number of phosphoric acid groups is 1. The van der Waals surface area contributed by atoms with Gasteiger partial charge in [0.05, 0.1) is 47.1 Å². The molecule has 0 rings (SSSR count). The van der Waals surface area contributed by atoms with Crippen molar-refractivity contribution >= 4 is 7.82 Å². The zero-order chi connectivity index (χ0) is 32.9. The molecule has 0 aliphatic heterocycles. The van der Waals surface area contributed by atoms with Crippen LogP contribution < -0.4 is 19.6 Å². The molecule has 0 fully saturated rings. The highest BCUT2D eigenvalue weighted by Crippen LogP contribution is 2.11. The van der Waals surface area contributed by atoms with Crippen LogP contribution in [0.15, 0.2) is 0 Å². The van der Waals surface area contributed by atoms with E-state index in [2.05, 4.69) is 41.5 Å². The van der Waals surface area contributed by atoms with Crippen LogP contribution in [0.5, 0.6) is 0 Å². The maximum Gasteiger partial charge on any atom is 0.0770 e. The highest BCUT2D eigenvalue weighted by molar-refractivity contribution is 7.42. The minimum absolute atomic E-state index is 1.36. The van der Waals surface area contributed by atoms with E-state index >= 15 is 0 Å². The fourth-order valence-corrected chi connectivity index (χ4v) is 5.56. The molecule has 7 heteroatoms. The molecule has 0 radical (unpaired) electrons. The Balaban J connectivity index is -0.000000642. The molecule has 6 nitrogen and oxygen atoms in total. The molecule has 0 unspecified atom stereocenters. The van der Waals surface area contributed by atoms with E-state index in [-0.39, 0.29) is 0 Å². The zero-order valence-electron chi connectivity index (χ0n) is 30.3. The van der Waals surface area contributed by atoms with Crippen LogP contribution in [0.2, 0.25) is 0 Å². The predicted molar refractivity (Wildman–Crippen MR) is 186 cm³/mol. The minimum atomic E-state index is -5.14. The number of unbranched alkanes of at least 4 members (excludes halogenated alkanes) is 18. The van der Waals surface area contributed by atoms with E-state index in [1.54, 1.807) is 0 Å². The predicted octanol–water partition coefficient (Wildman–Crippen LogP) is 7.03. The van der Waals surface area contributed by atoms with E-state index in [4.69, 9.17) is 19.2 Å². The van der Waals surface area contributed by atoms with Gasteiger partial charge in [-0.2, -0.15) is 0 Å². The van der Waals surface area contributed by atoms with Crippen LogP contribution in [0, 0.1) is 0 Å². The Bertz CT molecular complexity index is 432. The second kappa shape index (κ2) is 40.1. The zero-order valence-corrected chi connectivity index (χ0v) is 31.2. The molecule has 0 spiro atoms. The smallest absolute Gasteiger partial charge is 0.0770 e. The summed E-state index contributed by atoms with van der Waals surface area (Å²) in [5.74, 6) is 0. The molecule has 0 amide bonds. The maximum atomic E-state index is 8.66. The molecule has 43 heavy (non-hydrogen) atoms. The van der Waals surface area contributed by atoms with Crippen molar-refractivity contribution in [3.63, 3.8) is 0 Å². The molecule has 0 aliphatic rings. The Hall–Kier alpha value is 0.0300. The molecule has 0 aromatic carbocycles. The van der Waals surface area contributed by atoms with Gasteiger partial charge >= 0.3 is 0 Å². The summed E-state index contributed by atoms with van der Waals surface area (Å²) in [4.78, 5) is 28.1. The lowest BCUT2D eigenvalue weighted by Crippen LogP contribution is -3.12. The second-order valence-electron chi connectivity index (χ2n) is 12.8. The van der Waals surface area contributed by atoms with Crippen LogP contribution in [0.3, 0.4) is 0 Å². The summed E-state index contributed by atoms with van der Waals surface area (Å²) in [6.07, 6.45) is 34.1. The molecular weight excluding hydrogens is 555 g/mol. The van der Waals surface area contributed by atoms with Crippen LogP contribution >= 0.6 is 7.82 Å². The SMILES string of the molecule is CCCCCC[NH+](CCCCCC)CCCCCC.CCCCCC[NH+](CCCCCC)CCCCCC.O=P([O-])([O-])O. The highest BCUT2D eigenvalue weighted by Gasteiger charge is 2.08. The van der Waals surface area contributed by atoms with Crippen LogP contribution in [0.1, 0.15) is 196 Å². The van der Waals surface area contributed by atoms with Gasteiger partial charge in [-0.3, -0.25) is 0 Å². The third-order valence-corrected chi connectivity index (χ3v) is 8.30. The number of nitrogens with one attached hydrogen (secondary N) is 2. The van der Waals surface area contributed by atoms with Gasteiger partial charge in [-0.15, -0.1) is 0 Å². The molecule has 0 saturated carbocycles. The molecule has 0 heterocycles. The quantitative estimate of drug-likeness (QED) is 0.0583. The summed E-state index contributed by atoms with van der Waals surface area (Å²) < 4.78 is 8.66. The molecule has 0 aromatic rings. The summed E-state index contributed by atoms with van der Waals surface area (Å²) in [7, 11) is -5.14. The van der Waals surface area contributed by atoms with Gasteiger partial charge in [-0.1, -0.05) is 119 Å². The first-order chi connectivity index (χ1) is 20.7. The van der Waals surface area contributed by atoms with Gasteiger partial charge in [0, 0.05) is 0 Å². The topological polar surface area (TPSA) is 92.3 Å². The van der Waals surface area contributed by atoms with Crippen molar-refractivity contribution in [3.05, 3.63) is 0 Å². The van der Waals surface area contributed by atoms with E-state index in [9.17, 15) is 0 Å². The van der Waals surface area contributed by atoms with Gasteiger partial charge in [0.25, 0.3) is 0 Å². The van der Waals surface area contributed by atoms with Gasteiger partial charge in [0.15, 0.2) is 0 Å². The van der Waals surface area contributed by atoms with E-state index in [1.165, 1.54) is 193 Å². The van der Waals surface area contributed by atoms with Crippen molar-refractivity contribution in [3.8, 4) is 0 Å². The van der Waals surface area contributed by atoms with Crippen molar-refractivity contribution in [1.82, 2.24) is 0 Å². The molecule has 264 valence electrons. The Morgan fingerprint density at radius 2 is 0.512 bits per heavy atom. The summed E-state index contributed by atoms with van der Waals surface area (Å²) in [6, 6.07) is 0. The standard InChI is InChI=1S/2C18H39N.H3O4P/c2*1-4-7-10-13-16-19(17-14-11-8-5-2)18-15-12-9-6-3;1-5(2,3)4/h2*4-18H2,1-3H3;(H3,1,2,3,4). The molecular formula is C36H81N2O4P. The van der Waals surface area contributed by atoms with Crippen LogP contribution in [0.4, 0.5) is 0 Å². The number of quaternary nitrogens is 2. The average Bonchev–Trinajstić information content (AvgIpc) is 2.96. The summed E-state index contributed by atoms with van der Waals surface area (Å²) in [5, 5.41) is 0. The third-order valence-electron chi connectivity index (χ3n) is 8.30. The summed E-state index contributed by atoms with van der Waals surface area (Å²) >= 11 is 0. The number of rotatable bonds is 30. The first kappa shape index (κ1) is 47.4. The summed E-state index contributed by atoms with van der Waals surface area (Å²) in [6.45, 7) is 22.4. The van der Waals surface area contributed by atoms with E-state index in [0.717, 1.165) is 0 Å². The summed E-state index contributed by atoms with van der Waals surface area (Å²) in [5.41, 5.74) is 0. The van der Waals surface area contributed by atoms with Gasteiger partial charge in [0.2, 0.25) is 0 Å². The maximum absolute atomic E-state index is 8.66. The van der Waals surface area contributed by atoms with Gasteiger partial charge in [-0.25, -0.2) is 0 Å². The average molecular weight is 637 g/mol. The van der Waals surface area contributed by atoms with Crippen LogP contribution in [-0.4, -0.2) is 44.2 Å². The van der Waals surface area contributed by atoms with E-state index < -0.39 is 7.82 Å². The molecule has 0 bridgehead atoms. The number of hydrogen-bond acceptors (Lipinski definition) is 3. The van der Waals surface area contributed by atoms with Gasteiger partial charge < -0.3 is 29.0 Å². The normalized spacial score (nSPS) is 11.4. The third kappa shape index (κ3) is 51.9. The van der Waals surface area contributed by atoms with Crippen molar-refractivity contribution < 1.29 is 29.0 Å². The Labute approximate surface area is 271 Å². The molecule has 0 atom stereocenters. The van der Waals surface area contributed by atoms with Gasteiger partial charge in [0.1, 0.15) is 0 Å². The van der Waals surface area contributed by atoms with Crippen molar-refractivity contribution in [2.75, 3.05) is 39.3 Å². The highest BCUT2D eigenvalue weighted by atomic mass is 31.2. The lowest BCUT2D eigenvalue weighted by atomic mass is 10.1. The van der Waals surface area contributed by atoms with Crippen molar-refractivity contribution in [2.24, 2.45) is 0 Å². The van der Waals surface area contributed by atoms with Gasteiger partial charge in [-0.05, 0) is 77.0 Å². The Morgan fingerprint density at radius 1 is 0.372 bits per heavy atom. The minimum Gasteiger partial charge on any atom is -0.790 e. The Kier molecular flexibility index (Phi) is 44.2. The van der Waals surface area contributed by atoms with Crippen LogP contribution in [-0.2, 0) is 4.57 Å².